The quantitative estimate of drug-likeness (QED) is 0.591. The van der Waals surface area contributed by atoms with Gasteiger partial charge < -0.3 is 14.8 Å². The van der Waals surface area contributed by atoms with Gasteiger partial charge in [-0.2, -0.15) is 18.4 Å². The van der Waals surface area contributed by atoms with Crippen molar-refractivity contribution >= 4 is 44.5 Å². The number of halogens is 1. The lowest BCUT2D eigenvalue weighted by Gasteiger charge is -2.08. The van der Waals surface area contributed by atoms with E-state index in [9.17, 15) is 8.42 Å². The summed E-state index contributed by atoms with van der Waals surface area (Å²) >= 11 is 6.99. The van der Waals surface area contributed by atoms with Crippen molar-refractivity contribution in [2.24, 2.45) is 4.40 Å². The van der Waals surface area contributed by atoms with Gasteiger partial charge in [-0.05, 0) is 18.4 Å². The Balaban J connectivity index is 2.37. The number of thioether (sulfide) groups is 1. The van der Waals surface area contributed by atoms with Crippen LogP contribution in [0.1, 0.15) is 0 Å². The summed E-state index contributed by atoms with van der Waals surface area (Å²) in [4.78, 5) is 11.7. The van der Waals surface area contributed by atoms with Crippen LogP contribution in [0.5, 0.6) is 12.0 Å². The lowest BCUT2D eigenvalue weighted by molar-refractivity contribution is 0.341. The van der Waals surface area contributed by atoms with Gasteiger partial charge in [0.05, 0.1) is 19.2 Å². The molecule has 0 saturated heterocycles. The molecule has 1 aromatic carbocycles. The first-order chi connectivity index (χ1) is 11.9. The fourth-order valence-corrected chi connectivity index (χ4v) is 3.74. The molecule has 1 N–H and O–H groups in total. The molecular weight excluding hydrogens is 390 g/mol. The fourth-order valence-electron chi connectivity index (χ4n) is 1.60. The highest BCUT2D eigenvalue weighted by Gasteiger charge is 2.18. The average molecular weight is 404 g/mol. The zero-order valence-electron chi connectivity index (χ0n) is 13.4. The topological polar surface area (TPSA) is 116 Å². The minimum Gasteiger partial charge on any atom is -0.467 e. The number of nitrogens with zero attached hydrogens (tertiary/aromatic N) is 4. The Labute approximate surface area is 153 Å². The van der Waals surface area contributed by atoms with E-state index in [1.54, 1.807) is 18.4 Å². The van der Waals surface area contributed by atoms with Crippen molar-refractivity contribution in [1.29, 1.82) is 0 Å². The van der Waals surface area contributed by atoms with Crippen LogP contribution >= 0.6 is 23.4 Å². The zero-order chi connectivity index (χ0) is 18.4. The fraction of sp³-hybridized carbons (Fsp3) is 0.231. The number of rotatable bonds is 5. The molecule has 2 rings (SSSR count). The Morgan fingerprint density at radius 2 is 1.76 bits per heavy atom. The van der Waals surface area contributed by atoms with Gasteiger partial charge in [-0.15, -0.1) is 9.38 Å². The minimum atomic E-state index is -4.01. The second-order valence-electron chi connectivity index (χ2n) is 4.26. The molecule has 0 spiro atoms. The summed E-state index contributed by atoms with van der Waals surface area (Å²) in [5.74, 6) is 0.0196. The number of nitrogens with one attached hydrogen (secondary N) is 1. The molecule has 0 aliphatic heterocycles. The lowest BCUT2D eigenvalue weighted by Crippen LogP contribution is -2.14. The first-order valence-corrected chi connectivity index (χ1v) is 9.68. The van der Waals surface area contributed by atoms with Crippen molar-refractivity contribution in [2.75, 3.05) is 25.8 Å². The molecule has 134 valence electrons. The predicted octanol–water partition coefficient (Wildman–Crippen LogP) is 2.06. The van der Waals surface area contributed by atoms with Crippen LogP contribution < -0.4 is 14.8 Å². The third-order valence-corrected chi connectivity index (χ3v) is 5.16. The molecule has 9 nitrogen and oxygen atoms in total. The van der Waals surface area contributed by atoms with Crippen molar-refractivity contribution in [3.8, 4) is 12.0 Å². The number of hydrogen-bond acceptors (Lipinski definition) is 8. The molecule has 1 heterocycles. The second kappa shape index (κ2) is 8.32. The summed E-state index contributed by atoms with van der Waals surface area (Å²) in [6.45, 7) is 0. The summed E-state index contributed by atoms with van der Waals surface area (Å²) in [6, 6.07) is 6.03. The molecule has 0 fully saturated rings. The van der Waals surface area contributed by atoms with Gasteiger partial charge in [-0.3, -0.25) is 0 Å². The molecular formula is C13H14ClN5O4S2. The zero-order valence-corrected chi connectivity index (χ0v) is 15.8. The van der Waals surface area contributed by atoms with Crippen molar-refractivity contribution < 1.29 is 17.9 Å². The van der Waals surface area contributed by atoms with E-state index in [0.29, 0.717) is 0 Å². The second-order valence-corrected chi connectivity index (χ2v) is 7.04. The van der Waals surface area contributed by atoms with Crippen molar-refractivity contribution in [2.45, 2.75) is 4.90 Å². The monoisotopic (exact) mass is 403 g/mol. The number of amidine groups is 1. The Kier molecular flexibility index (Phi) is 6.39. The van der Waals surface area contributed by atoms with E-state index >= 15 is 0 Å². The summed E-state index contributed by atoms with van der Waals surface area (Å²) in [6.07, 6.45) is 1.64. The largest absolute Gasteiger partial charge is 0.467 e. The number of hydrogen-bond donors (Lipinski definition) is 1. The molecule has 0 aliphatic carbocycles. The van der Waals surface area contributed by atoms with Crippen LogP contribution in [0.25, 0.3) is 0 Å². The van der Waals surface area contributed by atoms with Gasteiger partial charge in [0, 0.05) is 0 Å². The van der Waals surface area contributed by atoms with Crippen LogP contribution in [0.3, 0.4) is 0 Å². The van der Waals surface area contributed by atoms with Crippen LogP contribution in [-0.2, 0) is 10.0 Å². The van der Waals surface area contributed by atoms with Crippen LogP contribution in [-0.4, -0.2) is 49.0 Å². The molecule has 12 heteroatoms. The number of ether oxygens (including phenoxy) is 2. The van der Waals surface area contributed by atoms with E-state index in [2.05, 4.69) is 24.7 Å². The van der Waals surface area contributed by atoms with Crippen LogP contribution in [0.4, 0.5) is 5.95 Å². The number of aromatic nitrogens is 3. The summed E-state index contributed by atoms with van der Waals surface area (Å²) in [5, 5.41) is 2.81. The van der Waals surface area contributed by atoms with E-state index < -0.39 is 10.0 Å². The van der Waals surface area contributed by atoms with E-state index in [1.807, 2.05) is 0 Å². The van der Waals surface area contributed by atoms with E-state index in [4.69, 9.17) is 21.1 Å². The van der Waals surface area contributed by atoms with Crippen molar-refractivity contribution in [1.82, 2.24) is 15.0 Å². The standard InChI is InChI=1S/C13H14ClN5O4S2/c1-22-11-15-10(16-12(18-11)23-2)17-13(24-3)19-25(20,21)9-7-5-4-6-8(9)14/h4-7H,1-3H3,(H,15,16,17,18,19). The van der Waals surface area contributed by atoms with Crippen molar-refractivity contribution in [3.63, 3.8) is 0 Å². The molecule has 0 amide bonds. The Bertz CT molecular complexity index is 869. The van der Waals surface area contributed by atoms with Gasteiger partial charge in [0.15, 0.2) is 5.17 Å². The number of methoxy groups -OCH3 is 2. The van der Waals surface area contributed by atoms with Gasteiger partial charge in [0.1, 0.15) is 4.90 Å². The molecule has 0 aliphatic rings. The highest BCUT2D eigenvalue weighted by atomic mass is 35.5. The molecule has 2 aromatic rings. The van der Waals surface area contributed by atoms with Gasteiger partial charge >= 0.3 is 12.0 Å². The summed E-state index contributed by atoms with van der Waals surface area (Å²) in [7, 11) is -1.26. The molecule has 1 aromatic heterocycles. The van der Waals surface area contributed by atoms with Crippen LogP contribution in [0, 0.1) is 0 Å². The maximum Gasteiger partial charge on any atom is 0.324 e. The molecule has 0 unspecified atom stereocenters. The average Bonchev–Trinajstić information content (AvgIpc) is 2.60. The van der Waals surface area contributed by atoms with Gasteiger partial charge in [-0.1, -0.05) is 35.5 Å². The Morgan fingerprint density at radius 3 is 2.28 bits per heavy atom. The minimum absolute atomic E-state index is 0.00349. The van der Waals surface area contributed by atoms with Gasteiger partial charge in [-0.25, -0.2) is 0 Å². The molecule has 25 heavy (non-hydrogen) atoms. The molecule has 0 atom stereocenters. The lowest BCUT2D eigenvalue weighted by atomic mass is 10.4. The highest BCUT2D eigenvalue weighted by Crippen LogP contribution is 2.23. The van der Waals surface area contributed by atoms with Gasteiger partial charge in [0.2, 0.25) is 5.95 Å². The van der Waals surface area contributed by atoms with E-state index in [0.717, 1.165) is 11.8 Å². The highest BCUT2D eigenvalue weighted by molar-refractivity contribution is 8.14. The maximum atomic E-state index is 12.4. The summed E-state index contributed by atoms with van der Waals surface area (Å²) < 4.78 is 38.5. The Hall–Kier alpha value is -2.11. The smallest absolute Gasteiger partial charge is 0.324 e. The number of benzene rings is 1. The van der Waals surface area contributed by atoms with Gasteiger partial charge in [0.25, 0.3) is 10.0 Å². The predicted molar refractivity (Wildman–Crippen MR) is 96.1 cm³/mol. The molecule has 0 saturated carbocycles. The van der Waals surface area contributed by atoms with Crippen molar-refractivity contribution in [3.05, 3.63) is 29.3 Å². The van der Waals surface area contributed by atoms with E-state index in [1.165, 1.54) is 26.4 Å². The number of anilines is 1. The third-order valence-electron chi connectivity index (χ3n) is 2.69. The summed E-state index contributed by atoms with van der Waals surface area (Å²) in [5.41, 5.74) is 0. The molecule has 0 bridgehead atoms. The van der Waals surface area contributed by atoms with Crippen LogP contribution in [0.2, 0.25) is 5.02 Å². The number of sulfonamides is 1. The third kappa shape index (κ3) is 4.94. The van der Waals surface area contributed by atoms with E-state index in [-0.39, 0.29) is 33.1 Å². The Morgan fingerprint density at radius 1 is 1.16 bits per heavy atom. The molecule has 0 radical (unpaired) electrons. The SMILES string of the molecule is COc1nc(N/C(=N/S(=O)(=O)c2ccccc2Cl)SC)nc(OC)n1. The van der Waals surface area contributed by atoms with Crippen LogP contribution in [0.15, 0.2) is 33.6 Å². The normalized spacial score (nSPS) is 11.9. The first-order valence-electron chi connectivity index (χ1n) is 6.64. The first kappa shape index (κ1) is 19.2. The maximum absolute atomic E-state index is 12.4.